The first-order chi connectivity index (χ1) is 9.69. The molecule has 0 N–H and O–H groups in total. The molecule has 0 bridgehead atoms. The molecule has 2 aromatic rings. The number of thiophene rings is 1. The average Bonchev–Trinajstić information content (AvgIpc) is 2.96. The van der Waals surface area contributed by atoms with Gasteiger partial charge in [-0.1, -0.05) is 5.21 Å². The maximum absolute atomic E-state index is 12.5. The molecule has 0 atom stereocenters. The van der Waals surface area contributed by atoms with Gasteiger partial charge in [-0.25, -0.2) is 8.42 Å². The van der Waals surface area contributed by atoms with Crippen LogP contribution in [0.4, 0.5) is 13.2 Å². The molecule has 5 nitrogen and oxygen atoms in total. The number of hydrogen-bond acceptors (Lipinski definition) is 5. The first-order valence-electron chi connectivity index (χ1n) is 5.93. The van der Waals surface area contributed by atoms with E-state index in [0.717, 1.165) is 6.07 Å². The Hall–Kier alpha value is -1.42. The molecule has 0 aliphatic rings. The van der Waals surface area contributed by atoms with Crippen molar-refractivity contribution in [2.24, 2.45) is 0 Å². The molecule has 116 valence electrons. The minimum absolute atomic E-state index is 0.134. The molecule has 0 unspecified atom stereocenters. The van der Waals surface area contributed by atoms with Crippen molar-refractivity contribution >= 4 is 21.2 Å². The van der Waals surface area contributed by atoms with E-state index in [-0.39, 0.29) is 17.0 Å². The van der Waals surface area contributed by atoms with Gasteiger partial charge in [-0.15, -0.1) is 16.4 Å². The topological polar surface area (TPSA) is 64.8 Å². The van der Waals surface area contributed by atoms with E-state index in [1.165, 1.54) is 16.3 Å². The van der Waals surface area contributed by atoms with Crippen molar-refractivity contribution < 1.29 is 21.6 Å². The Labute approximate surface area is 123 Å². The fourth-order valence-electron chi connectivity index (χ4n) is 1.69. The summed E-state index contributed by atoms with van der Waals surface area (Å²) in [5.41, 5.74) is 0.415. The number of sulfone groups is 1. The molecule has 2 aromatic heterocycles. The van der Waals surface area contributed by atoms with E-state index in [2.05, 4.69) is 10.3 Å². The lowest BCUT2D eigenvalue weighted by Crippen LogP contribution is -2.08. The Bertz CT molecular complexity index is 719. The summed E-state index contributed by atoms with van der Waals surface area (Å²) in [6.07, 6.45) is -2.94. The highest BCUT2D eigenvalue weighted by atomic mass is 32.2. The smallest absolute Gasteiger partial charge is 0.253 e. The standard InChI is InChI=1S/C11H12F3N3O2S2/c1-2-17-4-9(15-16-17)7-21(18,19)6-8-3-10(20-5-8)11(12,13)14/h3-5H,2,6-7H2,1H3. The number of halogens is 3. The predicted molar refractivity (Wildman–Crippen MR) is 71.3 cm³/mol. The summed E-state index contributed by atoms with van der Waals surface area (Å²) in [5.74, 6) is -0.789. The molecule has 0 aliphatic carbocycles. The lowest BCUT2D eigenvalue weighted by molar-refractivity contribution is -0.134. The van der Waals surface area contributed by atoms with E-state index >= 15 is 0 Å². The van der Waals surface area contributed by atoms with E-state index in [4.69, 9.17) is 0 Å². The molecule has 0 amide bonds. The maximum Gasteiger partial charge on any atom is 0.425 e. The second-order valence-corrected chi connectivity index (χ2v) is 7.39. The molecule has 0 spiro atoms. The van der Waals surface area contributed by atoms with Crippen molar-refractivity contribution in [3.63, 3.8) is 0 Å². The highest BCUT2D eigenvalue weighted by Gasteiger charge is 2.32. The summed E-state index contributed by atoms with van der Waals surface area (Å²) in [5, 5.41) is 8.64. The Morgan fingerprint density at radius 3 is 2.57 bits per heavy atom. The van der Waals surface area contributed by atoms with E-state index in [0.29, 0.717) is 17.9 Å². The van der Waals surface area contributed by atoms with Crippen LogP contribution in [0.1, 0.15) is 23.1 Å². The highest BCUT2D eigenvalue weighted by Crippen LogP contribution is 2.34. The van der Waals surface area contributed by atoms with Gasteiger partial charge in [0.05, 0.1) is 17.2 Å². The van der Waals surface area contributed by atoms with Gasteiger partial charge in [0.2, 0.25) is 0 Å². The van der Waals surface area contributed by atoms with E-state index in [1.54, 1.807) is 0 Å². The van der Waals surface area contributed by atoms with Gasteiger partial charge in [-0.05, 0) is 23.9 Å². The predicted octanol–water partition coefficient (Wildman–Crippen LogP) is 2.49. The van der Waals surface area contributed by atoms with Crippen LogP contribution in [0.15, 0.2) is 17.6 Å². The van der Waals surface area contributed by atoms with Crippen molar-refractivity contribution in [3.8, 4) is 0 Å². The van der Waals surface area contributed by atoms with Gasteiger partial charge in [-0.3, -0.25) is 4.68 Å². The second kappa shape index (κ2) is 5.76. The Kier molecular flexibility index (Phi) is 4.38. The zero-order chi connectivity index (χ0) is 15.7. The average molecular weight is 339 g/mol. The Morgan fingerprint density at radius 1 is 1.33 bits per heavy atom. The molecule has 0 saturated heterocycles. The minimum atomic E-state index is -4.45. The molecule has 2 rings (SSSR count). The van der Waals surface area contributed by atoms with Gasteiger partial charge in [0.25, 0.3) is 0 Å². The molecule has 0 saturated carbocycles. The summed E-state index contributed by atoms with van der Waals surface area (Å²) in [7, 11) is -3.59. The Morgan fingerprint density at radius 2 is 2.05 bits per heavy atom. The van der Waals surface area contributed by atoms with Crippen molar-refractivity contribution in [2.45, 2.75) is 31.2 Å². The van der Waals surface area contributed by atoms with Crippen LogP contribution in [0.25, 0.3) is 0 Å². The lowest BCUT2D eigenvalue weighted by Gasteiger charge is -2.01. The highest BCUT2D eigenvalue weighted by molar-refractivity contribution is 7.89. The molecule has 21 heavy (non-hydrogen) atoms. The summed E-state index contributed by atoms with van der Waals surface area (Å²) < 4.78 is 62.8. The number of aryl methyl sites for hydroxylation is 1. The van der Waals surface area contributed by atoms with Crippen LogP contribution in [0.2, 0.25) is 0 Å². The first kappa shape index (κ1) is 16.0. The maximum atomic E-state index is 12.5. The van der Waals surface area contributed by atoms with Gasteiger partial charge >= 0.3 is 6.18 Å². The monoisotopic (exact) mass is 339 g/mol. The third-order valence-electron chi connectivity index (χ3n) is 2.60. The fraction of sp³-hybridized carbons (Fsp3) is 0.455. The van der Waals surface area contributed by atoms with Crippen LogP contribution in [0, 0.1) is 0 Å². The molecule has 0 aromatic carbocycles. The first-order valence-corrected chi connectivity index (χ1v) is 8.64. The van der Waals surface area contributed by atoms with Gasteiger partial charge in [0, 0.05) is 12.7 Å². The fourth-order valence-corrected chi connectivity index (χ4v) is 3.94. The van der Waals surface area contributed by atoms with Gasteiger partial charge in [0.15, 0.2) is 9.84 Å². The third-order valence-corrected chi connectivity index (χ3v) is 5.13. The molecule has 0 aliphatic heterocycles. The lowest BCUT2D eigenvalue weighted by atomic mass is 10.3. The molecule has 0 radical (unpaired) electrons. The SMILES string of the molecule is CCn1cc(CS(=O)(=O)Cc2csc(C(F)(F)F)c2)nn1. The van der Waals surface area contributed by atoms with E-state index in [1.807, 2.05) is 6.92 Å². The van der Waals surface area contributed by atoms with Crippen molar-refractivity contribution in [3.05, 3.63) is 33.8 Å². The van der Waals surface area contributed by atoms with E-state index < -0.39 is 26.6 Å². The van der Waals surface area contributed by atoms with Crippen LogP contribution in [0.5, 0.6) is 0 Å². The van der Waals surface area contributed by atoms with E-state index in [9.17, 15) is 21.6 Å². The van der Waals surface area contributed by atoms with Crippen LogP contribution >= 0.6 is 11.3 Å². The summed E-state index contributed by atoms with van der Waals surface area (Å²) in [6, 6.07) is 0.866. The zero-order valence-corrected chi connectivity index (χ0v) is 12.6. The Balaban J connectivity index is 2.08. The number of hydrogen-bond donors (Lipinski definition) is 0. The largest absolute Gasteiger partial charge is 0.425 e. The second-order valence-electron chi connectivity index (χ2n) is 4.41. The minimum Gasteiger partial charge on any atom is -0.253 e. The van der Waals surface area contributed by atoms with Crippen LogP contribution in [0.3, 0.4) is 0 Å². The number of rotatable bonds is 5. The summed E-state index contributed by atoms with van der Waals surface area (Å²) >= 11 is 0.490. The van der Waals surface area contributed by atoms with Crippen molar-refractivity contribution in [1.82, 2.24) is 15.0 Å². The molecule has 10 heteroatoms. The van der Waals surface area contributed by atoms with Crippen molar-refractivity contribution in [1.29, 1.82) is 0 Å². The van der Waals surface area contributed by atoms with Crippen LogP contribution < -0.4 is 0 Å². The zero-order valence-electron chi connectivity index (χ0n) is 11.0. The van der Waals surface area contributed by atoms with Gasteiger partial charge in [0.1, 0.15) is 4.88 Å². The number of alkyl halides is 3. The molecule has 2 heterocycles. The van der Waals surface area contributed by atoms with Crippen LogP contribution in [-0.4, -0.2) is 23.4 Å². The third kappa shape index (κ3) is 4.27. The van der Waals surface area contributed by atoms with Crippen molar-refractivity contribution in [2.75, 3.05) is 0 Å². The molecular weight excluding hydrogens is 327 g/mol. The van der Waals surface area contributed by atoms with Crippen LogP contribution in [-0.2, 0) is 34.1 Å². The molecule has 0 fully saturated rings. The normalized spacial score (nSPS) is 12.8. The summed E-state index contributed by atoms with van der Waals surface area (Å²) in [4.78, 5) is -0.801. The summed E-state index contributed by atoms with van der Waals surface area (Å²) in [6.45, 7) is 2.39. The van der Waals surface area contributed by atoms with Gasteiger partial charge in [-0.2, -0.15) is 13.2 Å². The number of nitrogens with zero attached hydrogens (tertiary/aromatic N) is 3. The molecular formula is C11H12F3N3O2S2. The number of aromatic nitrogens is 3. The van der Waals surface area contributed by atoms with Gasteiger partial charge < -0.3 is 0 Å². The quantitative estimate of drug-likeness (QED) is 0.839.